The van der Waals surface area contributed by atoms with Gasteiger partial charge in [-0.3, -0.25) is 9.78 Å². The van der Waals surface area contributed by atoms with Gasteiger partial charge in [-0.25, -0.2) is 0 Å². The molecule has 14 heavy (non-hydrogen) atoms. The number of pyridine rings is 1. The second-order valence-electron chi connectivity index (χ2n) is 4.20. The average molecular weight is 189 g/mol. The standard InChI is InChI=1S/C12H15NO/c1-8(2)12-11-4-3-10(14)7-9(11)5-6-13-12/h5-6,8H,3-4,7H2,1-2H3. The SMILES string of the molecule is CC(C)c1nccc2c1CCC(=O)C2. The van der Waals surface area contributed by atoms with E-state index in [-0.39, 0.29) is 0 Å². The predicted molar refractivity (Wildman–Crippen MR) is 55.4 cm³/mol. The highest BCUT2D eigenvalue weighted by Crippen LogP contribution is 2.25. The molecule has 0 aromatic carbocycles. The van der Waals surface area contributed by atoms with E-state index in [1.54, 1.807) is 0 Å². The van der Waals surface area contributed by atoms with Gasteiger partial charge in [-0.1, -0.05) is 13.8 Å². The second kappa shape index (κ2) is 3.52. The number of hydrogen-bond donors (Lipinski definition) is 0. The number of carbonyl (C=O) groups is 1. The van der Waals surface area contributed by atoms with E-state index in [2.05, 4.69) is 18.8 Å². The minimum atomic E-state index is 0.360. The van der Waals surface area contributed by atoms with Gasteiger partial charge in [0.05, 0.1) is 0 Å². The van der Waals surface area contributed by atoms with Gasteiger partial charge in [0, 0.05) is 24.7 Å². The van der Waals surface area contributed by atoms with Crippen molar-refractivity contribution >= 4 is 5.78 Å². The van der Waals surface area contributed by atoms with Crippen molar-refractivity contribution in [1.82, 2.24) is 4.98 Å². The van der Waals surface area contributed by atoms with Gasteiger partial charge in [-0.15, -0.1) is 0 Å². The van der Waals surface area contributed by atoms with Crippen LogP contribution in [0.15, 0.2) is 12.3 Å². The molecule has 1 aromatic rings. The molecule has 2 rings (SSSR count). The number of Topliss-reactive ketones (excluding diaryl/α,β-unsaturated/α-hetero) is 1. The van der Waals surface area contributed by atoms with Gasteiger partial charge in [0.25, 0.3) is 0 Å². The maximum atomic E-state index is 11.3. The van der Waals surface area contributed by atoms with Crippen LogP contribution in [0.2, 0.25) is 0 Å². The molecule has 1 aliphatic carbocycles. The van der Waals surface area contributed by atoms with Crippen molar-refractivity contribution in [3.8, 4) is 0 Å². The van der Waals surface area contributed by atoms with Gasteiger partial charge < -0.3 is 0 Å². The third-order valence-corrected chi connectivity index (χ3v) is 2.77. The third kappa shape index (κ3) is 1.57. The van der Waals surface area contributed by atoms with Crippen molar-refractivity contribution in [3.05, 3.63) is 29.1 Å². The number of hydrogen-bond acceptors (Lipinski definition) is 2. The fourth-order valence-corrected chi connectivity index (χ4v) is 2.07. The summed E-state index contributed by atoms with van der Waals surface area (Å²) in [5, 5.41) is 0. The lowest BCUT2D eigenvalue weighted by Crippen LogP contribution is -2.16. The van der Waals surface area contributed by atoms with Crippen molar-refractivity contribution in [1.29, 1.82) is 0 Å². The van der Waals surface area contributed by atoms with Crippen molar-refractivity contribution in [3.63, 3.8) is 0 Å². The Hall–Kier alpha value is -1.18. The molecule has 0 aliphatic heterocycles. The highest BCUT2D eigenvalue weighted by Gasteiger charge is 2.19. The lowest BCUT2D eigenvalue weighted by molar-refractivity contribution is -0.118. The van der Waals surface area contributed by atoms with Gasteiger partial charge in [-0.2, -0.15) is 0 Å². The zero-order valence-electron chi connectivity index (χ0n) is 8.71. The molecule has 0 fully saturated rings. The average Bonchev–Trinajstić information content (AvgIpc) is 2.16. The Kier molecular flexibility index (Phi) is 2.36. The number of nitrogens with zero attached hydrogens (tertiary/aromatic N) is 1. The van der Waals surface area contributed by atoms with Crippen molar-refractivity contribution < 1.29 is 4.79 Å². The quantitative estimate of drug-likeness (QED) is 0.678. The number of rotatable bonds is 1. The normalized spacial score (nSPS) is 15.8. The van der Waals surface area contributed by atoms with Crippen LogP contribution in [0.25, 0.3) is 0 Å². The first kappa shape index (κ1) is 9.38. The monoisotopic (exact) mass is 189 g/mol. The topological polar surface area (TPSA) is 30.0 Å². The maximum Gasteiger partial charge on any atom is 0.137 e. The highest BCUT2D eigenvalue weighted by atomic mass is 16.1. The lowest BCUT2D eigenvalue weighted by Gasteiger charge is -2.19. The molecular weight excluding hydrogens is 174 g/mol. The summed E-state index contributed by atoms with van der Waals surface area (Å²) >= 11 is 0. The van der Waals surface area contributed by atoms with Crippen LogP contribution in [-0.4, -0.2) is 10.8 Å². The summed E-state index contributed by atoms with van der Waals surface area (Å²) in [6.07, 6.45) is 4.01. The molecule has 0 radical (unpaired) electrons. The van der Waals surface area contributed by atoms with Gasteiger partial charge in [0.1, 0.15) is 5.78 Å². The van der Waals surface area contributed by atoms with Crippen LogP contribution in [0, 0.1) is 0 Å². The molecule has 0 saturated heterocycles. The van der Waals surface area contributed by atoms with Crippen molar-refractivity contribution in [2.75, 3.05) is 0 Å². The first-order valence-electron chi connectivity index (χ1n) is 5.17. The van der Waals surface area contributed by atoms with Crippen LogP contribution < -0.4 is 0 Å². The number of ketones is 1. The number of fused-ring (bicyclic) bond motifs is 1. The van der Waals surface area contributed by atoms with Crippen molar-refractivity contribution in [2.45, 2.75) is 39.0 Å². The summed E-state index contributed by atoms with van der Waals surface area (Å²) in [6, 6.07) is 1.98. The maximum absolute atomic E-state index is 11.3. The predicted octanol–water partition coefficient (Wildman–Crippen LogP) is 2.26. The van der Waals surface area contributed by atoms with E-state index >= 15 is 0 Å². The van der Waals surface area contributed by atoms with Crippen LogP contribution in [0.4, 0.5) is 0 Å². The van der Waals surface area contributed by atoms with Gasteiger partial charge in [-0.05, 0) is 29.5 Å². The van der Waals surface area contributed by atoms with Crippen LogP contribution in [0.3, 0.4) is 0 Å². The first-order chi connectivity index (χ1) is 6.68. The second-order valence-corrected chi connectivity index (χ2v) is 4.20. The van der Waals surface area contributed by atoms with Gasteiger partial charge in [0.2, 0.25) is 0 Å². The summed E-state index contributed by atoms with van der Waals surface area (Å²) in [4.78, 5) is 15.7. The third-order valence-electron chi connectivity index (χ3n) is 2.77. The summed E-state index contributed by atoms with van der Waals surface area (Å²) in [5.74, 6) is 0.816. The molecule has 0 amide bonds. The molecule has 1 aromatic heterocycles. The Labute approximate surface area is 84.4 Å². The number of carbonyl (C=O) groups excluding carboxylic acids is 1. The van der Waals surface area contributed by atoms with Crippen LogP contribution in [-0.2, 0) is 17.6 Å². The summed E-state index contributed by atoms with van der Waals surface area (Å²) < 4.78 is 0. The molecule has 1 aliphatic rings. The van der Waals surface area contributed by atoms with E-state index in [0.29, 0.717) is 24.5 Å². The van der Waals surface area contributed by atoms with Gasteiger partial charge in [0.15, 0.2) is 0 Å². The molecule has 74 valence electrons. The zero-order valence-corrected chi connectivity index (χ0v) is 8.71. The Morgan fingerprint density at radius 1 is 1.36 bits per heavy atom. The summed E-state index contributed by atoms with van der Waals surface area (Å²) in [7, 11) is 0. The Morgan fingerprint density at radius 2 is 2.14 bits per heavy atom. The smallest absolute Gasteiger partial charge is 0.137 e. The molecule has 0 atom stereocenters. The number of aromatic nitrogens is 1. The van der Waals surface area contributed by atoms with E-state index in [1.807, 2.05) is 12.3 Å². The van der Waals surface area contributed by atoms with E-state index < -0.39 is 0 Å². The molecule has 0 N–H and O–H groups in total. The molecular formula is C12H15NO. The molecule has 2 nitrogen and oxygen atoms in total. The lowest BCUT2D eigenvalue weighted by atomic mass is 9.87. The molecule has 0 spiro atoms. The summed E-state index contributed by atoms with van der Waals surface area (Å²) in [6.45, 7) is 4.30. The fourth-order valence-electron chi connectivity index (χ4n) is 2.07. The Balaban J connectivity index is 2.46. The first-order valence-corrected chi connectivity index (χ1v) is 5.17. The van der Waals surface area contributed by atoms with Gasteiger partial charge >= 0.3 is 0 Å². The minimum absolute atomic E-state index is 0.360. The van der Waals surface area contributed by atoms with Crippen LogP contribution in [0.1, 0.15) is 43.0 Å². The Bertz CT molecular complexity index is 369. The van der Waals surface area contributed by atoms with Crippen LogP contribution >= 0.6 is 0 Å². The minimum Gasteiger partial charge on any atom is -0.299 e. The summed E-state index contributed by atoms with van der Waals surface area (Å²) in [5.41, 5.74) is 3.69. The van der Waals surface area contributed by atoms with E-state index in [9.17, 15) is 4.79 Å². The molecule has 1 heterocycles. The highest BCUT2D eigenvalue weighted by molar-refractivity contribution is 5.83. The van der Waals surface area contributed by atoms with Crippen LogP contribution in [0.5, 0.6) is 0 Å². The molecule has 0 saturated carbocycles. The Morgan fingerprint density at radius 3 is 2.86 bits per heavy atom. The molecule has 0 bridgehead atoms. The molecule has 2 heteroatoms. The zero-order chi connectivity index (χ0) is 10.1. The van der Waals surface area contributed by atoms with Crippen molar-refractivity contribution in [2.24, 2.45) is 0 Å². The van der Waals surface area contributed by atoms with E-state index in [4.69, 9.17) is 0 Å². The fraction of sp³-hybridized carbons (Fsp3) is 0.500. The van der Waals surface area contributed by atoms with E-state index in [1.165, 1.54) is 16.8 Å². The molecule has 0 unspecified atom stereocenters. The van der Waals surface area contributed by atoms with E-state index in [0.717, 1.165) is 6.42 Å². The largest absolute Gasteiger partial charge is 0.299 e.